The maximum absolute atomic E-state index is 13.5. The second-order valence-corrected chi connectivity index (χ2v) is 4.58. The minimum absolute atomic E-state index is 0.116. The van der Waals surface area contributed by atoms with Crippen molar-refractivity contribution in [1.29, 1.82) is 0 Å². The molecule has 2 rings (SSSR count). The molecule has 0 unspecified atom stereocenters. The minimum Gasteiger partial charge on any atom is -0.494 e. The van der Waals surface area contributed by atoms with E-state index < -0.39 is 11.7 Å². The number of rotatable bonds is 5. The smallest absolute Gasteiger partial charge is 0.262 e. The van der Waals surface area contributed by atoms with Gasteiger partial charge in [0.15, 0.2) is 18.2 Å². The Bertz CT molecular complexity index is 631. The van der Waals surface area contributed by atoms with Gasteiger partial charge in [-0.05, 0) is 36.4 Å². The van der Waals surface area contributed by atoms with E-state index >= 15 is 0 Å². The molecule has 0 bridgehead atoms. The summed E-state index contributed by atoms with van der Waals surface area (Å²) in [5.74, 6) is -0.302. The third-order valence-electron chi connectivity index (χ3n) is 2.62. The fourth-order valence-electron chi connectivity index (χ4n) is 1.62. The van der Waals surface area contributed by atoms with Gasteiger partial charge in [-0.15, -0.1) is 0 Å². The van der Waals surface area contributed by atoms with Crippen LogP contribution in [-0.4, -0.2) is 19.6 Å². The van der Waals surface area contributed by atoms with Gasteiger partial charge in [0.1, 0.15) is 5.75 Å². The van der Waals surface area contributed by atoms with E-state index in [0.29, 0.717) is 16.5 Å². The first kappa shape index (κ1) is 15.1. The predicted octanol–water partition coefficient (Wildman–Crippen LogP) is 3.51. The lowest BCUT2D eigenvalue weighted by molar-refractivity contribution is -0.118. The summed E-state index contributed by atoms with van der Waals surface area (Å²) >= 11 is 5.74. The van der Waals surface area contributed by atoms with Gasteiger partial charge in [-0.25, -0.2) is 4.39 Å². The Morgan fingerprint density at radius 3 is 2.57 bits per heavy atom. The van der Waals surface area contributed by atoms with Gasteiger partial charge in [0.2, 0.25) is 0 Å². The topological polar surface area (TPSA) is 47.6 Å². The molecular weight excluding hydrogens is 297 g/mol. The summed E-state index contributed by atoms with van der Waals surface area (Å²) in [5, 5.41) is 3.11. The van der Waals surface area contributed by atoms with E-state index in [0.717, 1.165) is 0 Å². The molecular formula is C15H13ClFNO3. The molecule has 0 atom stereocenters. The molecule has 2 aromatic rings. The number of amides is 1. The van der Waals surface area contributed by atoms with Crippen LogP contribution in [0.25, 0.3) is 0 Å². The van der Waals surface area contributed by atoms with E-state index in [4.69, 9.17) is 21.1 Å². The van der Waals surface area contributed by atoms with E-state index in [-0.39, 0.29) is 12.4 Å². The second-order valence-electron chi connectivity index (χ2n) is 4.14. The molecule has 0 saturated heterocycles. The summed E-state index contributed by atoms with van der Waals surface area (Å²) in [6, 6.07) is 10.8. The molecule has 1 amide bonds. The fourth-order valence-corrected chi connectivity index (χ4v) is 1.75. The molecule has 0 fully saturated rings. The van der Waals surface area contributed by atoms with Crippen molar-refractivity contribution in [3.63, 3.8) is 0 Å². The molecule has 4 nitrogen and oxygen atoms in total. The SMILES string of the molecule is COc1ccc(NC(=O)COc2ccc(Cl)cc2)cc1F. The molecule has 21 heavy (non-hydrogen) atoms. The zero-order valence-corrected chi connectivity index (χ0v) is 12.0. The van der Waals surface area contributed by atoms with Crippen molar-refractivity contribution < 1.29 is 18.7 Å². The first-order valence-corrected chi connectivity index (χ1v) is 6.48. The molecule has 0 aliphatic rings. The highest BCUT2D eigenvalue weighted by Crippen LogP contribution is 2.20. The van der Waals surface area contributed by atoms with E-state index in [1.165, 1.54) is 19.2 Å². The highest BCUT2D eigenvalue weighted by molar-refractivity contribution is 6.30. The Hall–Kier alpha value is -2.27. The van der Waals surface area contributed by atoms with Gasteiger partial charge >= 0.3 is 0 Å². The number of carbonyl (C=O) groups excluding carboxylic acids is 1. The molecule has 6 heteroatoms. The van der Waals surface area contributed by atoms with Crippen molar-refractivity contribution >= 4 is 23.2 Å². The summed E-state index contributed by atoms with van der Waals surface area (Å²) in [6.45, 7) is -0.185. The van der Waals surface area contributed by atoms with Crippen molar-refractivity contribution in [3.05, 3.63) is 53.3 Å². The van der Waals surface area contributed by atoms with Crippen molar-refractivity contribution in [2.75, 3.05) is 19.0 Å². The van der Waals surface area contributed by atoms with Gasteiger partial charge < -0.3 is 14.8 Å². The molecule has 0 aliphatic heterocycles. The van der Waals surface area contributed by atoms with Crippen LogP contribution in [-0.2, 0) is 4.79 Å². The minimum atomic E-state index is -0.547. The molecule has 0 radical (unpaired) electrons. The number of halogens is 2. The van der Waals surface area contributed by atoms with Crippen LogP contribution in [0.3, 0.4) is 0 Å². The van der Waals surface area contributed by atoms with Crippen molar-refractivity contribution in [3.8, 4) is 11.5 Å². The van der Waals surface area contributed by atoms with Gasteiger partial charge in [-0.1, -0.05) is 11.6 Å². The number of hydrogen-bond acceptors (Lipinski definition) is 3. The van der Waals surface area contributed by atoms with Gasteiger partial charge in [-0.2, -0.15) is 0 Å². The van der Waals surface area contributed by atoms with Gasteiger partial charge in [0, 0.05) is 16.8 Å². The first-order valence-electron chi connectivity index (χ1n) is 6.10. The highest BCUT2D eigenvalue weighted by atomic mass is 35.5. The Labute approximate surface area is 126 Å². The monoisotopic (exact) mass is 309 g/mol. The number of methoxy groups -OCH3 is 1. The lowest BCUT2D eigenvalue weighted by Gasteiger charge is -2.08. The summed E-state index contributed by atoms with van der Waals surface area (Å²) < 4.78 is 23.5. The first-order chi connectivity index (χ1) is 10.1. The van der Waals surface area contributed by atoms with Crippen LogP contribution in [0.5, 0.6) is 11.5 Å². The number of ether oxygens (including phenoxy) is 2. The Balaban J connectivity index is 1.89. The average molecular weight is 310 g/mol. The Morgan fingerprint density at radius 2 is 1.95 bits per heavy atom. The third kappa shape index (κ3) is 4.36. The number of carbonyl (C=O) groups is 1. The zero-order chi connectivity index (χ0) is 15.2. The van der Waals surface area contributed by atoms with Crippen molar-refractivity contribution in [1.82, 2.24) is 0 Å². The number of benzene rings is 2. The van der Waals surface area contributed by atoms with Gasteiger partial charge in [0.05, 0.1) is 7.11 Å². The molecule has 110 valence electrons. The van der Waals surface area contributed by atoms with Crippen LogP contribution in [0.2, 0.25) is 5.02 Å². The second kappa shape index (κ2) is 6.95. The summed E-state index contributed by atoms with van der Waals surface area (Å²) in [7, 11) is 1.37. The van der Waals surface area contributed by atoms with Gasteiger partial charge in [0.25, 0.3) is 5.91 Å². The third-order valence-corrected chi connectivity index (χ3v) is 2.87. The van der Waals surface area contributed by atoms with Crippen LogP contribution in [0.15, 0.2) is 42.5 Å². The van der Waals surface area contributed by atoms with Crippen molar-refractivity contribution in [2.24, 2.45) is 0 Å². The van der Waals surface area contributed by atoms with Crippen LogP contribution in [0, 0.1) is 5.82 Å². The van der Waals surface area contributed by atoms with Crippen LogP contribution >= 0.6 is 11.6 Å². The number of hydrogen-bond donors (Lipinski definition) is 1. The van der Waals surface area contributed by atoms with Crippen LogP contribution < -0.4 is 14.8 Å². The molecule has 1 N–H and O–H groups in total. The predicted molar refractivity (Wildman–Crippen MR) is 78.5 cm³/mol. The quantitative estimate of drug-likeness (QED) is 0.919. The molecule has 2 aromatic carbocycles. The summed E-state index contributed by atoms with van der Waals surface area (Å²) in [4.78, 5) is 11.7. The fraction of sp³-hybridized carbons (Fsp3) is 0.133. The molecule has 0 spiro atoms. The number of nitrogens with one attached hydrogen (secondary N) is 1. The standard InChI is InChI=1S/C15H13ClFNO3/c1-20-14-7-4-11(8-13(14)17)18-15(19)9-21-12-5-2-10(16)3-6-12/h2-8H,9H2,1H3,(H,18,19). The highest BCUT2D eigenvalue weighted by Gasteiger charge is 2.07. The Morgan fingerprint density at radius 1 is 1.24 bits per heavy atom. The normalized spacial score (nSPS) is 10.0. The summed E-state index contributed by atoms with van der Waals surface area (Å²) in [6.07, 6.45) is 0. The van der Waals surface area contributed by atoms with Crippen LogP contribution in [0.1, 0.15) is 0 Å². The Kier molecular flexibility index (Phi) is 5.00. The zero-order valence-electron chi connectivity index (χ0n) is 11.2. The molecule has 0 aromatic heterocycles. The largest absolute Gasteiger partial charge is 0.494 e. The van der Waals surface area contributed by atoms with Gasteiger partial charge in [-0.3, -0.25) is 4.79 Å². The van der Waals surface area contributed by atoms with E-state index in [9.17, 15) is 9.18 Å². The maximum Gasteiger partial charge on any atom is 0.262 e. The molecule has 0 saturated carbocycles. The average Bonchev–Trinajstić information content (AvgIpc) is 2.47. The summed E-state index contributed by atoms with van der Waals surface area (Å²) in [5.41, 5.74) is 0.331. The molecule has 0 aliphatic carbocycles. The maximum atomic E-state index is 13.5. The molecule has 0 heterocycles. The van der Waals surface area contributed by atoms with Crippen molar-refractivity contribution in [2.45, 2.75) is 0 Å². The van der Waals surface area contributed by atoms with Crippen LogP contribution in [0.4, 0.5) is 10.1 Å². The lowest BCUT2D eigenvalue weighted by Crippen LogP contribution is -2.20. The van der Waals surface area contributed by atoms with E-state index in [1.807, 2.05) is 0 Å². The van der Waals surface area contributed by atoms with E-state index in [1.54, 1.807) is 30.3 Å². The number of anilines is 1. The lowest BCUT2D eigenvalue weighted by atomic mass is 10.3. The van der Waals surface area contributed by atoms with E-state index in [2.05, 4.69) is 5.32 Å².